The third-order valence-corrected chi connectivity index (χ3v) is 4.25. The maximum Gasteiger partial charge on any atom is -0.0300 e. The lowest BCUT2D eigenvalue weighted by atomic mass is 9.72. The summed E-state index contributed by atoms with van der Waals surface area (Å²) in [5, 5.41) is 0. The molecular weight excluding hydrogens is 144 g/mol. The average Bonchev–Trinajstić information content (AvgIpc) is 2.59. The van der Waals surface area contributed by atoms with Crippen LogP contribution in [-0.4, -0.2) is 0 Å². The van der Waals surface area contributed by atoms with Gasteiger partial charge in [0.25, 0.3) is 0 Å². The highest BCUT2D eigenvalue weighted by atomic mass is 14.6. The molecule has 2 saturated carbocycles. The van der Waals surface area contributed by atoms with Crippen molar-refractivity contribution < 1.29 is 0 Å². The van der Waals surface area contributed by atoms with Gasteiger partial charge in [0.1, 0.15) is 0 Å². The highest BCUT2D eigenvalue weighted by Gasteiger charge is 2.58. The van der Waals surface area contributed by atoms with Crippen LogP contribution in [0.4, 0.5) is 0 Å². The summed E-state index contributed by atoms with van der Waals surface area (Å²) in [5.74, 6) is 4.26. The van der Waals surface area contributed by atoms with Crippen molar-refractivity contribution in [2.45, 2.75) is 47.0 Å². The van der Waals surface area contributed by atoms with Crippen molar-refractivity contribution in [1.82, 2.24) is 0 Å². The van der Waals surface area contributed by atoms with Crippen LogP contribution in [-0.2, 0) is 0 Å². The zero-order chi connectivity index (χ0) is 8.93. The van der Waals surface area contributed by atoms with Gasteiger partial charge < -0.3 is 0 Å². The summed E-state index contributed by atoms with van der Waals surface area (Å²) in [6.07, 6.45) is 4.41. The monoisotopic (exact) mass is 166 g/mol. The van der Waals surface area contributed by atoms with Crippen LogP contribution in [0.1, 0.15) is 47.0 Å². The summed E-state index contributed by atoms with van der Waals surface area (Å²) in [4.78, 5) is 0. The maximum absolute atomic E-state index is 2.48. The van der Waals surface area contributed by atoms with Gasteiger partial charge in [0.2, 0.25) is 0 Å². The summed E-state index contributed by atoms with van der Waals surface area (Å²) >= 11 is 0. The first kappa shape index (κ1) is 8.59. The molecule has 4 atom stereocenters. The summed E-state index contributed by atoms with van der Waals surface area (Å²) in [5.41, 5.74) is 0.656. The largest absolute Gasteiger partial charge is 0.0651 e. The molecule has 0 spiro atoms. The van der Waals surface area contributed by atoms with Crippen molar-refractivity contribution in [2.24, 2.45) is 29.1 Å². The van der Waals surface area contributed by atoms with E-state index in [-0.39, 0.29) is 0 Å². The number of rotatable bonds is 1. The Balaban J connectivity index is 2.10. The molecule has 0 radical (unpaired) electrons. The smallest absolute Gasteiger partial charge is 0.0300 e. The third-order valence-electron chi connectivity index (χ3n) is 4.25. The Labute approximate surface area is 76.7 Å². The molecule has 0 heteroatoms. The molecule has 0 aromatic rings. The molecular formula is C12H22. The molecule has 0 amide bonds. The van der Waals surface area contributed by atoms with Crippen LogP contribution >= 0.6 is 0 Å². The number of fused-ring (bicyclic) bond motifs is 1. The van der Waals surface area contributed by atoms with Crippen molar-refractivity contribution in [3.05, 3.63) is 0 Å². The van der Waals surface area contributed by atoms with Crippen LogP contribution in [0.5, 0.6) is 0 Å². The molecule has 2 aliphatic rings. The van der Waals surface area contributed by atoms with Gasteiger partial charge in [-0.05, 0) is 41.9 Å². The summed E-state index contributed by atoms with van der Waals surface area (Å²) < 4.78 is 0. The maximum atomic E-state index is 2.48. The lowest BCUT2D eigenvalue weighted by Crippen LogP contribution is -2.24. The molecule has 0 nitrogen and oxygen atoms in total. The van der Waals surface area contributed by atoms with E-state index in [1.807, 2.05) is 0 Å². The molecule has 0 saturated heterocycles. The van der Waals surface area contributed by atoms with Crippen molar-refractivity contribution in [3.63, 3.8) is 0 Å². The molecule has 0 aromatic carbocycles. The molecule has 0 aromatic heterocycles. The lowest BCUT2D eigenvalue weighted by molar-refractivity contribution is 0.170. The SMILES string of the molecule is CCC1C2CC(C)CC(C)(C)C12. The van der Waals surface area contributed by atoms with E-state index in [1.54, 1.807) is 0 Å². The van der Waals surface area contributed by atoms with Gasteiger partial charge in [0, 0.05) is 0 Å². The number of hydrogen-bond acceptors (Lipinski definition) is 0. The summed E-state index contributed by atoms with van der Waals surface area (Å²) in [6, 6.07) is 0. The van der Waals surface area contributed by atoms with Crippen LogP contribution in [0.2, 0.25) is 0 Å². The van der Waals surface area contributed by atoms with E-state index in [4.69, 9.17) is 0 Å². The molecule has 2 aliphatic carbocycles. The average molecular weight is 166 g/mol. The van der Waals surface area contributed by atoms with Gasteiger partial charge in [0.15, 0.2) is 0 Å². The zero-order valence-electron chi connectivity index (χ0n) is 8.93. The van der Waals surface area contributed by atoms with E-state index in [0.717, 1.165) is 23.7 Å². The summed E-state index contributed by atoms with van der Waals surface area (Å²) in [7, 11) is 0. The lowest BCUT2D eigenvalue weighted by Gasteiger charge is -2.33. The van der Waals surface area contributed by atoms with E-state index >= 15 is 0 Å². The standard InChI is InChI=1S/C12H22/c1-5-9-10-6-8(2)7-12(3,4)11(9)10/h8-11H,5-7H2,1-4H3. The van der Waals surface area contributed by atoms with Gasteiger partial charge in [0.05, 0.1) is 0 Å². The Kier molecular flexibility index (Phi) is 1.79. The van der Waals surface area contributed by atoms with E-state index in [0.29, 0.717) is 5.41 Å². The Hall–Kier alpha value is 0. The zero-order valence-corrected chi connectivity index (χ0v) is 8.93. The van der Waals surface area contributed by atoms with Gasteiger partial charge in [-0.25, -0.2) is 0 Å². The minimum Gasteiger partial charge on any atom is -0.0651 e. The first-order valence-corrected chi connectivity index (χ1v) is 5.56. The van der Waals surface area contributed by atoms with Gasteiger partial charge in [-0.15, -0.1) is 0 Å². The van der Waals surface area contributed by atoms with Gasteiger partial charge in [-0.1, -0.05) is 34.1 Å². The Bertz CT molecular complexity index is 180. The molecule has 4 unspecified atom stereocenters. The minimum atomic E-state index is 0.656. The van der Waals surface area contributed by atoms with E-state index in [2.05, 4.69) is 27.7 Å². The molecule has 0 aliphatic heterocycles. The number of hydrogen-bond donors (Lipinski definition) is 0. The van der Waals surface area contributed by atoms with Crippen LogP contribution in [0.3, 0.4) is 0 Å². The molecule has 0 heterocycles. The van der Waals surface area contributed by atoms with E-state index in [1.165, 1.54) is 19.3 Å². The second-order valence-corrected chi connectivity index (χ2v) is 5.80. The molecule has 0 N–H and O–H groups in total. The van der Waals surface area contributed by atoms with E-state index in [9.17, 15) is 0 Å². The first-order valence-electron chi connectivity index (χ1n) is 5.56. The van der Waals surface area contributed by atoms with E-state index < -0.39 is 0 Å². The van der Waals surface area contributed by atoms with Gasteiger partial charge in [-0.3, -0.25) is 0 Å². The fourth-order valence-electron chi connectivity index (χ4n) is 4.06. The van der Waals surface area contributed by atoms with Gasteiger partial charge >= 0.3 is 0 Å². The molecule has 12 heavy (non-hydrogen) atoms. The van der Waals surface area contributed by atoms with Crippen LogP contribution in [0.25, 0.3) is 0 Å². The fourth-order valence-corrected chi connectivity index (χ4v) is 4.06. The second kappa shape index (κ2) is 2.49. The topological polar surface area (TPSA) is 0 Å². The van der Waals surface area contributed by atoms with Crippen LogP contribution in [0, 0.1) is 29.1 Å². The second-order valence-electron chi connectivity index (χ2n) is 5.80. The predicted octanol–water partition coefficient (Wildman–Crippen LogP) is 3.71. The highest BCUT2D eigenvalue weighted by Crippen LogP contribution is 2.65. The van der Waals surface area contributed by atoms with Crippen molar-refractivity contribution >= 4 is 0 Å². The molecule has 2 rings (SSSR count). The third kappa shape index (κ3) is 1.11. The predicted molar refractivity (Wildman–Crippen MR) is 52.9 cm³/mol. The van der Waals surface area contributed by atoms with Crippen molar-refractivity contribution in [2.75, 3.05) is 0 Å². The minimum absolute atomic E-state index is 0.656. The first-order chi connectivity index (χ1) is 5.56. The normalized spacial score (nSPS) is 50.0. The molecule has 0 bridgehead atoms. The van der Waals surface area contributed by atoms with Crippen LogP contribution < -0.4 is 0 Å². The Morgan fingerprint density at radius 1 is 1.33 bits per heavy atom. The Morgan fingerprint density at radius 2 is 2.00 bits per heavy atom. The van der Waals surface area contributed by atoms with Crippen molar-refractivity contribution in [3.8, 4) is 0 Å². The summed E-state index contributed by atoms with van der Waals surface area (Å²) in [6.45, 7) is 9.76. The van der Waals surface area contributed by atoms with Crippen LogP contribution in [0.15, 0.2) is 0 Å². The van der Waals surface area contributed by atoms with Gasteiger partial charge in [-0.2, -0.15) is 0 Å². The van der Waals surface area contributed by atoms with Crippen molar-refractivity contribution in [1.29, 1.82) is 0 Å². The Morgan fingerprint density at radius 3 is 2.58 bits per heavy atom. The fraction of sp³-hybridized carbons (Fsp3) is 1.00. The molecule has 2 fully saturated rings. The quantitative estimate of drug-likeness (QED) is 0.557. The molecule has 70 valence electrons. The highest BCUT2D eigenvalue weighted by molar-refractivity contribution is 5.07.